The SMILES string of the molecule is Cc1ccc2c(c1)nc(C(CN)CC(C)C)n2C1CC1. The Kier molecular flexibility index (Phi) is 3.55. The number of rotatable bonds is 5. The van der Waals surface area contributed by atoms with Crippen LogP contribution in [0.3, 0.4) is 0 Å². The molecule has 2 aromatic rings. The fourth-order valence-electron chi connectivity index (χ4n) is 3.11. The van der Waals surface area contributed by atoms with Gasteiger partial charge in [-0.2, -0.15) is 0 Å². The van der Waals surface area contributed by atoms with Crippen LogP contribution in [0.5, 0.6) is 0 Å². The molecule has 1 heterocycles. The molecule has 0 aliphatic heterocycles. The van der Waals surface area contributed by atoms with Gasteiger partial charge in [-0.05, 0) is 49.8 Å². The Morgan fingerprint density at radius 2 is 2.10 bits per heavy atom. The summed E-state index contributed by atoms with van der Waals surface area (Å²) in [4.78, 5) is 4.94. The van der Waals surface area contributed by atoms with E-state index in [1.807, 2.05) is 0 Å². The summed E-state index contributed by atoms with van der Waals surface area (Å²) in [7, 11) is 0. The van der Waals surface area contributed by atoms with Crippen molar-refractivity contribution < 1.29 is 0 Å². The lowest BCUT2D eigenvalue weighted by atomic mass is 9.96. The first-order valence-corrected chi connectivity index (χ1v) is 7.78. The predicted octanol–water partition coefficient (Wildman–Crippen LogP) is 3.77. The Morgan fingerprint density at radius 1 is 1.35 bits per heavy atom. The highest BCUT2D eigenvalue weighted by Crippen LogP contribution is 2.41. The Bertz CT molecular complexity index is 608. The number of nitrogens with two attached hydrogens (primary N) is 1. The first-order chi connectivity index (χ1) is 9.60. The van der Waals surface area contributed by atoms with Gasteiger partial charge in [0.1, 0.15) is 5.82 Å². The van der Waals surface area contributed by atoms with Gasteiger partial charge in [-0.15, -0.1) is 0 Å². The zero-order valence-corrected chi connectivity index (χ0v) is 12.8. The predicted molar refractivity (Wildman–Crippen MR) is 84.0 cm³/mol. The fourth-order valence-corrected chi connectivity index (χ4v) is 3.11. The smallest absolute Gasteiger partial charge is 0.114 e. The molecule has 108 valence electrons. The highest BCUT2D eigenvalue weighted by molar-refractivity contribution is 5.77. The van der Waals surface area contributed by atoms with Crippen LogP contribution in [0, 0.1) is 12.8 Å². The second-order valence-corrected chi connectivity index (χ2v) is 6.63. The van der Waals surface area contributed by atoms with Crippen LogP contribution in [-0.4, -0.2) is 16.1 Å². The van der Waals surface area contributed by atoms with Crippen LogP contribution in [-0.2, 0) is 0 Å². The molecule has 0 spiro atoms. The number of hydrogen-bond donors (Lipinski definition) is 1. The van der Waals surface area contributed by atoms with E-state index in [1.165, 1.54) is 29.7 Å². The summed E-state index contributed by atoms with van der Waals surface area (Å²) < 4.78 is 2.47. The molecule has 1 aliphatic rings. The maximum Gasteiger partial charge on any atom is 0.114 e. The standard InChI is InChI=1S/C17H25N3/c1-11(2)8-13(10-18)17-19-15-9-12(3)4-7-16(15)20(17)14-5-6-14/h4,7,9,11,13-14H,5-6,8,10,18H2,1-3H3. The first-order valence-electron chi connectivity index (χ1n) is 7.78. The summed E-state index contributed by atoms with van der Waals surface area (Å²) in [5.41, 5.74) is 9.74. The maximum absolute atomic E-state index is 6.04. The van der Waals surface area contributed by atoms with Crippen molar-refractivity contribution in [1.29, 1.82) is 0 Å². The molecule has 1 aromatic carbocycles. The number of nitrogens with zero attached hydrogens (tertiary/aromatic N) is 2. The lowest BCUT2D eigenvalue weighted by Crippen LogP contribution is -2.19. The molecule has 0 saturated heterocycles. The Balaban J connectivity index is 2.10. The van der Waals surface area contributed by atoms with Crippen molar-refractivity contribution in [2.45, 2.75) is 52.0 Å². The molecular weight excluding hydrogens is 246 g/mol. The Labute approximate surface area is 121 Å². The monoisotopic (exact) mass is 271 g/mol. The van der Waals surface area contributed by atoms with Gasteiger partial charge in [0, 0.05) is 18.5 Å². The van der Waals surface area contributed by atoms with Crippen LogP contribution in [0.15, 0.2) is 18.2 Å². The number of aromatic nitrogens is 2. The van der Waals surface area contributed by atoms with Crippen LogP contribution in [0.2, 0.25) is 0 Å². The van der Waals surface area contributed by atoms with Gasteiger partial charge in [0.2, 0.25) is 0 Å². The molecule has 0 bridgehead atoms. The van der Waals surface area contributed by atoms with Crippen molar-refractivity contribution in [3.63, 3.8) is 0 Å². The van der Waals surface area contributed by atoms with Crippen molar-refractivity contribution in [3.8, 4) is 0 Å². The van der Waals surface area contributed by atoms with Gasteiger partial charge in [0.25, 0.3) is 0 Å². The highest BCUT2D eigenvalue weighted by atomic mass is 15.1. The van der Waals surface area contributed by atoms with E-state index in [1.54, 1.807) is 0 Å². The van der Waals surface area contributed by atoms with Crippen LogP contribution in [0.1, 0.15) is 56.5 Å². The van der Waals surface area contributed by atoms with E-state index in [0.29, 0.717) is 24.4 Å². The quantitative estimate of drug-likeness (QED) is 0.899. The summed E-state index contributed by atoms with van der Waals surface area (Å²) in [6.45, 7) is 7.34. The summed E-state index contributed by atoms with van der Waals surface area (Å²) in [6.07, 6.45) is 3.68. The minimum Gasteiger partial charge on any atom is -0.330 e. The Morgan fingerprint density at radius 3 is 2.70 bits per heavy atom. The van der Waals surface area contributed by atoms with Gasteiger partial charge in [-0.3, -0.25) is 0 Å². The van der Waals surface area contributed by atoms with Gasteiger partial charge in [-0.25, -0.2) is 4.98 Å². The van der Waals surface area contributed by atoms with Crippen LogP contribution < -0.4 is 5.73 Å². The minimum absolute atomic E-state index is 0.378. The van der Waals surface area contributed by atoms with Gasteiger partial charge < -0.3 is 10.3 Å². The lowest BCUT2D eigenvalue weighted by molar-refractivity contribution is 0.473. The molecule has 3 heteroatoms. The molecule has 1 aliphatic carbocycles. The molecule has 1 unspecified atom stereocenters. The van der Waals surface area contributed by atoms with Crippen molar-refractivity contribution >= 4 is 11.0 Å². The van der Waals surface area contributed by atoms with Crippen LogP contribution in [0.25, 0.3) is 11.0 Å². The lowest BCUT2D eigenvalue weighted by Gasteiger charge is -2.18. The molecule has 0 radical (unpaired) electrons. The van der Waals surface area contributed by atoms with Gasteiger partial charge in [0.05, 0.1) is 11.0 Å². The molecule has 1 aromatic heterocycles. The van der Waals surface area contributed by atoms with E-state index < -0.39 is 0 Å². The van der Waals surface area contributed by atoms with E-state index in [2.05, 4.69) is 43.5 Å². The summed E-state index contributed by atoms with van der Waals surface area (Å²) in [6, 6.07) is 7.26. The second kappa shape index (κ2) is 5.21. The summed E-state index contributed by atoms with van der Waals surface area (Å²) >= 11 is 0. The van der Waals surface area contributed by atoms with Crippen molar-refractivity contribution in [3.05, 3.63) is 29.6 Å². The van der Waals surface area contributed by atoms with E-state index >= 15 is 0 Å². The van der Waals surface area contributed by atoms with Gasteiger partial charge in [0.15, 0.2) is 0 Å². The molecular formula is C17H25N3. The molecule has 1 saturated carbocycles. The van der Waals surface area contributed by atoms with Gasteiger partial charge >= 0.3 is 0 Å². The summed E-state index contributed by atoms with van der Waals surface area (Å²) in [5.74, 6) is 2.24. The van der Waals surface area contributed by atoms with E-state index in [0.717, 1.165) is 11.9 Å². The van der Waals surface area contributed by atoms with E-state index in [4.69, 9.17) is 10.7 Å². The first kappa shape index (κ1) is 13.6. The third kappa shape index (κ3) is 2.47. The number of benzene rings is 1. The number of hydrogen-bond acceptors (Lipinski definition) is 2. The van der Waals surface area contributed by atoms with Crippen molar-refractivity contribution in [2.75, 3.05) is 6.54 Å². The molecule has 3 nitrogen and oxygen atoms in total. The van der Waals surface area contributed by atoms with Crippen molar-refractivity contribution in [1.82, 2.24) is 9.55 Å². The van der Waals surface area contributed by atoms with Gasteiger partial charge in [-0.1, -0.05) is 19.9 Å². The fraction of sp³-hybridized carbons (Fsp3) is 0.588. The average molecular weight is 271 g/mol. The number of fused-ring (bicyclic) bond motifs is 1. The molecule has 1 atom stereocenters. The number of aryl methyl sites for hydroxylation is 1. The molecule has 2 N–H and O–H groups in total. The molecule has 20 heavy (non-hydrogen) atoms. The number of imidazole rings is 1. The molecule has 3 rings (SSSR count). The second-order valence-electron chi connectivity index (χ2n) is 6.63. The zero-order valence-electron chi connectivity index (χ0n) is 12.8. The third-order valence-corrected chi connectivity index (χ3v) is 4.19. The highest BCUT2D eigenvalue weighted by Gasteiger charge is 2.30. The van der Waals surface area contributed by atoms with Crippen LogP contribution in [0.4, 0.5) is 0 Å². The van der Waals surface area contributed by atoms with Crippen molar-refractivity contribution in [2.24, 2.45) is 11.7 Å². The largest absolute Gasteiger partial charge is 0.330 e. The van der Waals surface area contributed by atoms with E-state index in [-0.39, 0.29) is 0 Å². The van der Waals surface area contributed by atoms with E-state index in [9.17, 15) is 0 Å². The maximum atomic E-state index is 6.04. The molecule has 0 amide bonds. The normalized spacial score (nSPS) is 17.1. The zero-order chi connectivity index (χ0) is 14.3. The average Bonchev–Trinajstić information content (AvgIpc) is 3.16. The third-order valence-electron chi connectivity index (χ3n) is 4.19. The topological polar surface area (TPSA) is 43.8 Å². The summed E-state index contributed by atoms with van der Waals surface area (Å²) in [5, 5.41) is 0. The Hall–Kier alpha value is -1.35. The van der Waals surface area contributed by atoms with Crippen LogP contribution >= 0.6 is 0 Å². The molecule has 1 fully saturated rings. The minimum atomic E-state index is 0.378.